The van der Waals surface area contributed by atoms with Crippen LogP contribution in [0.5, 0.6) is 0 Å². The molecule has 114 valence electrons. The predicted octanol–water partition coefficient (Wildman–Crippen LogP) is 4.37. The molecule has 0 aliphatic rings. The summed E-state index contributed by atoms with van der Waals surface area (Å²) in [5, 5.41) is 6.55. The number of hydrogen-bond acceptors (Lipinski definition) is 5. The summed E-state index contributed by atoms with van der Waals surface area (Å²) in [6, 6.07) is 6.05. The van der Waals surface area contributed by atoms with Crippen molar-refractivity contribution in [2.24, 2.45) is 0 Å². The molecule has 4 nitrogen and oxygen atoms in total. The van der Waals surface area contributed by atoms with Gasteiger partial charge in [-0.2, -0.15) is 0 Å². The van der Waals surface area contributed by atoms with Crippen LogP contribution in [-0.2, 0) is 11.2 Å². The van der Waals surface area contributed by atoms with Gasteiger partial charge in [0.15, 0.2) is 5.13 Å². The lowest BCUT2D eigenvalue weighted by Crippen LogP contribution is -2.14. The third-order valence-electron chi connectivity index (χ3n) is 3.27. The molecule has 0 saturated carbocycles. The molecule has 0 fully saturated rings. The zero-order chi connectivity index (χ0) is 15.7. The number of benzene rings is 1. The van der Waals surface area contributed by atoms with Crippen molar-refractivity contribution in [1.82, 2.24) is 9.97 Å². The van der Waals surface area contributed by atoms with Crippen LogP contribution in [0.1, 0.15) is 36.0 Å². The third-order valence-corrected chi connectivity index (χ3v) is 5.40. The van der Waals surface area contributed by atoms with E-state index in [2.05, 4.69) is 29.1 Å². The largest absolute Gasteiger partial charge is 0.302 e. The Bertz CT molecular complexity index is 820. The Morgan fingerprint density at radius 3 is 2.82 bits per heavy atom. The molecule has 6 heteroatoms. The van der Waals surface area contributed by atoms with Gasteiger partial charge in [-0.1, -0.05) is 37.3 Å². The number of aryl methyl sites for hydroxylation is 1. The van der Waals surface area contributed by atoms with Crippen molar-refractivity contribution >= 4 is 43.9 Å². The van der Waals surface area contributed by atoms with E-state index in [4.69, 9.17) is 0 Å². The van der Waals surface area contributed by atoms with Crippen molar-refractivity contribution in [2.75, 3.05) is 5.32 Å². The third kappa shape index (κ3) is 3.18. The van der Waals surface area contributed by atoms with E-state index in [9.17, 15) is 4.79 Å². The van der Waals surface area contributed by atoms with Crippen molar-refractivity contribution in [3.63, 3.8) is 0 Å². The van der Waals surface area contributed by atoms with E-state index in [1.54, 1.807) is 11.3 Å². The fourth-order valence-corrected chi connectivity index (χ4v) is 3.93. The predicted molar refractivity (Wildman–Crippen MR) is 92.9 cm³/mol. The van der Waals surface area contributed by atoms with Gasteiger partial charge >= 0.3 is 0 Å². The lowest BCUT2D eigenvalue weighted by molar-refractivity contribution is -0.115. The number of rotatable bonds is 4. The van der Waals surface area contributed by atoms with Crippen LogP contribution in [0.25, 0.3) is 10.2 Å². The number of carbonyl (C=O) groups is 1. The highest BCUT2D eigenvalue weighted by Gasteiger charge is 2.12. The van der Waals surface area contributed by atoms with Gasteiger partial charge in [-0.3, -0.25) is 4.79 Å². The molecule has 2 aromatic heterocycles. The second-order valence-corrected chi connectivity index (χ2v) is 7.42. The fraction of sp³-hybridized carbons (Fsp3) is 0.312. The number of anilines is 1. The van der Waals surface area contributed by atoms with E-state index in [0.717, 1.165) is 26.5 Å². The number of carbonyl (C=O) groups excluding carboxylic acids is 1. The van der Waals surface area contributed by atoms with Crippen molar-refractivity contribution in [3.05, 3.63) is 39.8 Å². The van der Waals surface area contributed by atoms with E-state index in [1.165, 1.54) is 11.3 Å². The molecule has 0 atom stereocenters. The number of fused-ring (bicyclic) bond motifs is 1. The van der Waals surface area contributed by atoms with Gasteiger partial charge in [-0.05, 0) is 18.6 Å². The number of hydrogen-bond donors (Lipinski definition) is 1. The van der Waals surface area contributed by atoms with Crippen LogP contribution in [-0.4, -0.2) is 15.9 Å². The average Bonchev–Trinajstić information content (AvgIpc) is 3.06. The van der Waals surface area contributed by atoms with Gasteiger partial charge in [0.25, 0.3) is 0 Å². The molecular formula is C16H17N3OS2. The molecule has 1 amide bonds. The van der Waals surface area contributed by atoms with Gasteiger partial charge in [0.1, 0.15) is 0 Å². The minimum atomic E-state index is -0.0719. The van der Waals surface area contributed by atoms with Gasteiger partial charge in [0, 0.05) is 11.3 Å². The van der Waals surface area contributed by atoms with E-state index >= 15 is 0 Å². The Kier molecular flexibility index (Phi) is 4.22. The lowest BCUT2D eigenvalue weighted by atomic mass is 10.2. The Morgan fingerprint density at radius 2 is 2.14 bits per heavy atom. The van der Waals surface area contributed by atoms with Crippen molar-refractivity contribution in [2.45, 2.75) is 33.1 Å². The highest BCUT2D eigenvalue weighted by molar-refractivity contribution is 7.22. The maximum absolute atomic E-state index is 12.1. The second kappa shape index (κ2) is 6.14. The summed E-state index contributed by atoms with van der Waals surface area (Å²) >= 11 is 3.11. The number of thiazole rings is 2. The molecule has 0 unspecified atom stereocenters. The molecule has 22 heavy (non-hydrogen) atoms. The maximum Gasteiger partial charge on any atom is 0.232 e. The number of nitrogens with one attached hydrogen (secondary N) is 1. The van der Waals surface area contributed by atoms with Crippen LogP contribution in [0.3, 0.4) is 0 Å². The van der Waals surface area contributed by atoms with Gasteiger partial charge < -0.3 is 5.32 Å². The molecule has 2 heterocycles. The molecule has 0 aliphatic carbocycles. The van der Waals surface area contributed by atoms with E-state index in [0.29, 0.717) is 11.0 Å². The number of amides is 1. The Balaban J connectivity index is 1.71. The van der Waals surface area contributed by atoms with E-state index < -0.39 is 0 Å². The Hall–Kier alpha value is -1.79. The van der Waals surface area contributed by atoms with Crippen LogP contribution in [0.2, 0.25) is 0 Å². The summed E-state index contributed by atoms with van der Waals surface area (Å²) in [4.78, 5) is 21.1. The zero-order valence-corrected chi connectivity index (χ0v) is 14.3. The topological polar surface area (TPSA) is 54.9 Å². The summed E-state index contributed by atoms with van der Waals surface area (Å²) in [7, 11) is 0. The minimum Gasteiger partial charge on any atom is -0.302 e. The van der Waals surface area contributed by atoms with Crippen LogP contribution in [0.4, 0.5) is 5.13 Å². The lowest BCUT2D eigenvalue weighted by Gasteiger charge is -1.99. The fourth-order valence-electron chi connectivity index (χ4n) is 2.14. The van der Waals surface area contributed by atoms with Gasteiger partial charge in [-0.15, -0.1) is 11.3 Å². The number of para-hydroxylation sites is 1. The van der Waals surface area contributed by atoms with Gasteiger partial charge in [0.05, 0.1) is 27.3 Å². The first-order valence-electron chi connectivity index (χ1n) is 7.13. The molecule has 0 radical (unpaired) electrons. The first-order valence-corrected chi connectivity index (χ1v) is 8.83. The van der Waals surface area contributed by atoms with Crippen LogP contribution in [0, 0.1) is 6.92 Å². The summed E-state index contributed by atoms with van der Waals surface area (Å²) in [5.41, 5.74) is 2.90. The first kappa shape index (κ1) is 15.1. The summed E-state index contributed by atoms with van der Waals surface area (Å²) in [6.45, 7) is 6.23. The molecule has 0 aliphatic heterocycles. The zero-order valence-electron chi connectivity index (χ0n) is 12.7. The van der Waals surface area contributed by atoms with Crippen LogP contribution >= 0.6 is 22.7 Å². The molecule has 0 saturated heterocycles. The van der Waals surface area contributed by atoms with Crippen molar-refractivity contribution in [1.29, 1.82) is 0 Å². The van der Waals surface area contributed by atoms with Crippen molar-refractivity contribution < 1.29 is 4.79 Å². The smallest absolute Gasteiger partial charge is 0.232 e. The minimum absolute atomic E-state index is 0.0719. The standard InChI is InChI=1S/C16H17N3OS2/c1-9(2)15-17-11(8-21-15)7-13(20)18-16-19-14-10(3)5-4-6-12(14)22-16/h4-6,8-9H,7H2,1-3H3,(H,18,19,20). The molecule has 3 aromatic rings. The molecule has 1 aromatic carbocycles. The maximum atomic E-state index is 12.1. The van der Waals surface area contributed by atoms with Crippen LogP contribution < -0.4 is 5.32 Å². The molecule has 1 N–H and O–H groups in total. The highest BCUT2D eigenvalue weighted by Crippen LogP contribution is 2.28. The summed E-state index contributed by atoms with van der Waals surface area (Å²) < 4.78 is 1.09. The summed E-state index contributed by atoms with van der Waals surface area (Å²) in [6.07, 6.45) is 0.290. The quantitative estimate of drug-likeness (QED) is 0.772. The van der Waals surface area contributed by atoms with Gasteiger partial charge in [0.2, 0.25) is 5.91 Å². The average molecular weight is 331 g/mol. The van der Waals surface area contributed by atoms with Gasteiger partial charge in [-0.25, -0.2) is 9.97 Å². The number of aromatic nitrogens is 2. The molecule has 0 spiro atoms. The van der Waals surface area contributed by atoms with Crippen LogP contribution in [0.15, 0.2) is 23.6 Å². The first-order chi connectivity index (χ1) is 10.5. The Labute approximate surface area is 137 Å². The second-order valence-electron chi connectivity index (χ2n) is 5.50. The Morgan fingerprint density at radius 1 is 1.32 bits per heavy atom. The monoisotopic (exact) mass is 331 g/mol. The highest BCUT2D eigenvalue weighted by atomic mass is 32.1. The van der Waals surface area contributed by atoms with Crippen molar-refractivity contribution in [3.8, 4) is 0 Å². The molecular weight excluding hydrogens is 314 g/mol. The van der Waals surface area contributed by atoms with E-state index in [-0.39, 0.29) is 12.3 Å². The molecule has 0 bridgehead atoms. The summed E-state index contributed by atoms with van der Waals surface area (Å²) in [5.74, 6) is 0.325. The van der Waals surface area contributed by atoms with E-state index in [1.807, 2.05) is 30.5 Å². The SMILES string of the molecule is Cc1cccc2sc(NC(=O)Cc3csc(C(C)C)n3)nc12. The number of nitrogens with zero attached hydrogens (tertiary/aromatic N) is 2. The molecule has 3 rings (SSSR count). The normalized spacial score (nSPS) is 11.3.